The lowest BCUT2D eigenvalue weighted by molar-refractivity contribution is -0.132. The minimum absolute atomic E-state index is 0. The van der Waals surface area contributed by atoms with Crippen LogP contribution in [0.4, 0.5) is 0 Å². The first-order chi connectivity index (χ1) is 10.2. The van der Waals surface area contributed by atoms with Crippen molar-refractivity contribution < 1.29 is 9.59 Å². The molecule has 1 aliphatic carbocycles. The molecule has 3 N–H and O–H groups in total. The van der Waals surface area contributed by atoms with Gasteiger partial charge in [0.15, 0.2) is 0 Å². The summed E-state index contributed by atoms with van der Waals surface area (Å²) >= 11 is 0. The maximum Gasteiger partial charge on any atom is 0.224 e. The lowest BCUT2D eigenvalue weighted by atomic mass is 9.88. The number of nitrogens with two attached hydrogens (primary N) is 1. The lowest BCUT2D eigenvalue weighted by Crippen LogP contribution is -2.44. The third-order valence-corrected chi connectivity index (χ3v) is 4.49. The van der Waals surface area contributed by atoms with Gasteiger partial charge >= 0.3 is 0 Å². The Morgan fingerprint density at radius 1 is 1.26 bits per heavy atom. The summed E-state index contributed by atoms with van der Waals surface area (Å²) in [5.74, 6) is 0.308. The van der Waals surface area contributed by atoms with Gasteiger partial charge in [0, 0.05) is 32.0 Å². The highest BCUT2D eigenvalue weighted by Gasteiger charge is 2.25. The minimum atomic E-state index is -0.120. The number of rotatable bonds is 7. The second kappa shape index (κ2) is 10.1. The van der Waals surface area contributed by atoms with Crippen molar-refractivity contribution in [3.8, 4) is 0 Å². The molecule has 1 aliphatic rings. The van der Waals surface area contributed by atoms with Crippen molar-refractivity contribution in [3.63, 3.8) is 0 Å². The number of carbonyl (C=O) groups is 2. The van der Waals surface area contributed by atoms with E-state index in [9.17, 15) is 9.59 Å². The third-order valence-electron chi connectivity index (χ3n) is 4.49. The standard InChI is InChI=1S/C17H33N3O2.ClH/c1-13(19-16(22)14-8-6-5-7-9-14)10-15(21)20(4)12-17(2,3)11-18;/h13-14H,5-12,18H2,1-4H3,(H,19,22);1H. The van der Waals surface area contributed by atoms with Crippen LogP contribution in [-0.2, 0) is 9.59 Å². The Bertz CT molecular complexity index is 382. The molecule has 0 aromatic carbocycles. The van der Waals surface area contributed by atoms with Crippen LogP contribution in [0.5, 0.6) is 0 Å². The van der Waals surface area contributed by atoms with Gasteiger partial charge in [0.25, 0.3) is 0 Å². The largest absolute Gasteiger partial charge is 0.353 e. The van der Waals surface area contributed by atoms with E-state index < -0.39 is 0 Å². The lowest BCUT2D eigenvalue weighted by Gasteiger charge is -2.30. The van der Waals surface area contributed by atoms with Gasteiger partial charge in [0.05, 0.1) is 0 Å². The van der Waals surface area contributed by atoms with Crippen molar-refractivity contribution in [1.82, 2.24) is 10.2 Å². The molecule has 0 aromatic rings. The molecule has 0 heterocycles. The van der Waals surface area contributed by atoms with E-state index in [-0.39, 0.29) is 41.6 Å². The number of nitrogens with zero attached hydrogens (tertiary/aromatic N) is 1. The van der Waals surface area contributed by atoms with E-state index in [1.165, 1.54) is 6.42 Å². The van der Waals surface area contributed by atoms with E-state index in [0.29, 0.717) is 19.5 Å². The monoisotopic (exact) mass is 347 g/mol. The average Bonchev–Trinajstić information content (AvgIpc) is 2.47. The van der Waals surface area contributed by atoms with Crippen LogP contribution in [-0.4, -0.2) is 42.9 Å². The highest BCUT2D eigenvalue weighted by atomic mass is 35.5. The molecule has 1 unspecified atom stereocenters. The summed E-state index contributed by atoms with van der Waals surface area (Å²) in [5.41, 5.74) is 5.63. The first-order valence-corrected chi connectivity index (χ1v) is 8.49. The zero-order valence-corrected chi connectivity index (χ0v) is 15.9. The number of halogens is 1. The summed E-state index contributed by atoms with van der Waals surface area (Å²) in [6.45, 7) is 7.17. The quantitative estimate of drug-likeness (QED) is 0.742. The Morgan fingerprint density at radius 3 is 2.35 bits per heavy atom. The van der Waals surface area contributed by atoms with Crippen molar-refractivity contribution in [1.29, 1.82) is 0 Å². The molecule has 1 rings (SSSR count). The molecule has 136 valence electrons. The molecule has 0 aromatic heterocycles. The molecular weight excluding hydrogens is 314 g/mol. The average molecular weight is 348 g/mol. The fraction of sp³-hybridized carbons (Fsp3) is 0.882. The molecule has 1 saturated carbocycles. The molecule has 2 amide bonds. The van der Waals surface area contributed by atoms with Crippen LogP contribution in [0.2, 0.25) is 0 Å². The molecule has 1 atom stereocenters. The van der Waals surface area contributed by atoms with Gasteiger partial charge in [-0.05, 0) is 31.7 Å². The maximum atomic E-state index is 12.2. The summed E-state index contributed by atoms with van der Waals surface area (Å²) in [5, 5.41) is 3.00. The van der Waals surface area contributed by atoms with E-state index in [2.05, 4.69) is 5.32 Å². The predicted molar refractivity (Wildman–Crippen MR) is 96.5 cm³/mol. The van der Waals surface area contributed by atoms with Crippen LogP contribution in [0, 0.1) is 11.3 Å². The van der Waals surface area contributed by atoms with Crippen LogP contribution >= 0.6 is 12.4 Å². The molecule has 0 saturated heterocycles. The van der Waals surface area contributed by atoms with Gasteiger partial charge in [-0.2, -0.15) is 0 Å². The van der Waals surface area contributed by atoms with E-state index in [1.807, 2.05) is 20.8 Å². The summed E-state index contributed by atoms with van der Waals surface area (Å²) in [6, 6.07) is -0.120. The Balaban J connectivity index is 0.00000484. The highest BCUT2D eigenvalue weighted by Crippen LogP contribution is 2.23. The summed E-state index contributed by atoms with van der Waals surface area (Å²) in [4.78, 5) is 26.1. The molecule has 1 fully saturated rings. The molecular formula is C17H34ClN3O2. The fourth-order valence-corrected chi connectivity index (χ4v) is 2.99. The molecule has 0 radical (unpaired) electrons. The van der Waals surface area contributed by atoms with Gasteiger partial charge in [-0.25, -0.2) is 0 Å². The molecule has 0 spiro atoms. The van der Waals surface area contributed by atoms with Gasteiger partial charge in [-0.15, -0.1) is 12.4 Å². The van der Waals surface area contributed by atoms with Crippen molar-refractivity contribution in [3.05, 3.63) is 0 Å². The van der Waals surface area contributed by atoms with Crippen molar-refractivity contribution in [2.75, 3.05) is 20.1 Å². The van der Waals surface area contributed by atoms with E-state index in [1.54, 1.807) is 11.9 Å². The van der Waals surface area contributed by atoms with Crippen LogP contribution in [0.3, 0.4) is 0 Å². The molecule has 5 nitrogen and oxygen atoms in total. The second-order valence-electron chi connectivity index (χ2n) is 7.57. The predicted octanol–water partition coefficient (Wildman–Crippen LogP) is 2.33. The molecule has 23 heavy (non-hydrogen) atoms. The zero-order chi connectivity index (χ0) is 16.8. The van der Waals surface area contributed by atoms with Crippen LogP contribution < -0.4 is 11.1 Å². The highest BCUT2D eigenvalue weighted by molar-refractivity contribution is 5.85. The summed E-state index contributed by atoms with van der Waals surface area (Å²) in [6.07, 6.45) is 5.83. The number of nitrogens with one attached hydrogen (secondary N) is 1. The number of carbonyl (C=O) groups excluding carboxylic acids is 2. The maximum absolute atomic E-state index is 12.2. The number of amides is 2. The fourth-order valence-electron chi connectivity index (χ4n) is 2.99. The van der Waals surface area contributed by atoms with Crippen LogP contribution in [0.15, 0.2) is 0 Å². The van der Waals surface area contributed by atoms with Gasteiger partial charge in [0.1, 0.15) is 0 Å². The van der Waals surface area contributed by atoms with Gasteiger partial charge in [-0.1, -0.05) is 33.1 Å². The van der Waals surface area contributed by atoms with Crippen molar-refractivity contribution in [2.45, 2.75) is 65.3 Å². The number of hydrogen-bond donors (Lipinski definition) is 2. The second-order valence-corrected chi connectivity index (χ2v) is 7.57. The van der Waals surface area contributed by atoms with Gasteiger partial charge in [0.2, 0.25) is 11.8 Å². The number of hydrogen-bond acceptors (Lipinski definition) is 3. The van der Waals surface area contributed by atoms with Crippen LogP contribution in [0.1, 0.15) is 59.3 Å². The smallest absolute Gasteiger partial charge is 0.224 e. The SMILES string of the molecule is CC(CC(=O)N(C)CC(C)(C)CN)NC(=O)C1CCCCC1.Cl. The van der Waals surface area contributed by atoms with E-state index in [4.69, 9.17) is 5.73 Å². The van der Waals surface area contributed by atoms with E-state index >= 15 is 0 Å². The van der Waals surface area contributed by atoms with Crippen molar-refractivity contribution in [2.24, 2.45) is 17.1 Å². The van der Waals surface area contributed by atoms with Crippen LogP contribution in [0.25, 0.3) is 0 Å². The minimum Gasteiger partial charge on any atom is -0.353 e. The first kappa shape index (κ1) is 22.2. The van der Waals surface area contributed by atoms with Gasteiger partial charge < -0.3 is 16.0 Å². The molecule has 6 heteroatoms. The topological polar surface area (TPSA) is 75.4 Å². The Kier molecular flexibility index (Phi) is 9.78. The summed E-state index contributed by atoms with van der Waals surface area (Å²) in [7, 11) is 1.80. The summed E-state index contributed by atoms with van der Waals surface area (Å²) < 4.78 is 0. The van der Waals surface area contributed by atoms with E-state index in [0.717, 1.165) is 25.7 Å². The zero-order valence-electron chi connectivity index (χ0n) is 15.1. The third kappa shape index (κ3) is 8.02. The van der Waals surface area contributed by atoms with Crippen molar-refractivity contribution >= 4 is 24.2 Å². The Hall–Kier alpha value is -0.810. The van der Waals surface area contributed by atoms with Gasteiger partial charge in [-0.3, -0.25) is 9.59 Å². The Morgan fingerprint density at radius 2 is 1.83 bits per heavy atom. The normalized spacial score (nSPS) is 17.1. The molecule has 0 bridgehead atoms. The molecule has 0 aliphatic heterocycles. The first-order valence-electron chi connectivity index (χ1n) is 8.49. The Labute approximate surface area is 147 Å².